The number of benzene rings is 2. The second-order valence-electron chi connectivity index (χ2n) is 10.5. The van der Waals surface area contributed by atoms with E-state index in [9.17, 15) is 0 Å². The molecule has 0 aliphatic heterocycles. The van der Waals surface area contributed by atoms with Gasteiger partial charge in [0, 0.05) is 0 Å². The van der Waals surface area contributed by atoms with Crippen LogP contribution in [-0.2, 0) is 0 Å². The predicted molar refractivity (Wildman–Crippen MR) is 133 cm³/mol. The number of ether oxygens (including phenoxy) is 1. The highest BCUT2D eigenvalue weighted by Gasteiger charge is 2.36. The monoisotopic (exact) mass is 454 g/mol. The molecule has 2 aliphatic carbocycles. The highest BCUT2D eigenvalue weighted by Crippen LogP contribution is 2.49. The van der Waals surface area contributed by atoms with Crippen LogP contribution in [0.4, 0.5) is 8.78 Å². The van der Waals surface area contributed by atoms with E-state index in [-0.39, 0.29) is 11.5 Å². The molecule has 2 fully saturated rings. The first-order chi connectivity index (χ1) is 16.1. The third-order valence-corrected chi connectivity index (χ3v) is 8.35. The minimum atomic E-state index is -0.455. The van der Waals surface area contributed by atoms with E-state index < -0.39 is 11.6 Å². The van der Waals surface area contributed by atoms with Gasteiger partial charge in [-0.1, -0.05) is 64.0 Å². The molecule has 33 heavy (non-hydrogen) atoms. The maximum atomic E-state index is 15.0. The van der Waals surface area contributed by atoms with Gasteiger partial charge in [-0.25, -0.2) is 8.78 Å². The van der Waals surface area contributed by atoms with Crippen LogP contribution in [0, 0.1) is 29.4 Å². The van der Waals surface area contributed by atoms with E-state index in [1.54, 1.807) is 43.5 Å². The van der Waals surface area contributed by atoms with E-state index in [0.29, 0.717) is 11.3 Å². The summed E-state index contributed by atoms with van der Waals surface area (Å²) in [6.45, 7) is 2.27. The quantitative estimate of drug-likeness (QED) is 0.343. The van der Waals surface area contributed by atoms with Gasteiger partial charge in [-0.05, 0) is 91.2 Å². The molecule has 0 radical (unpaired) electrons. The van der Waals surface area contributed by atoms with Crippen LogP contribution in [-0.4, -0.2) is 7.11 Å². The van der Waals surface area contributed by atoms with E-state index in [1.807, 2.05) is 0 Å². The first kappa shape index (κ1) is 24.2. The average Bonchev–Trinajstić information content (AvgIpc) is 2.83. The maximum Gasteiger partial charge on any atom is 0.134 e. The second kappa shape index (κ2) is 11.5. The summed E-state index contributed by atoms with van der Waals surface area (Å²) in [5.41, 5.74) is 1.46. The van der Waals surface area contributed by atoms with Crippen LogP contribution in [0.1, 0.15) is 95.5 Å². The molecule has 4 rings (SSSR count). The van der Waals surface area contributed by atoms with Gasteiger partial charge >= 0.3 is 0 Å². The lowest BCUT2D eigenvalue weighted by atomic mass is 9.63. The zero-order valence-electron chi connectivity index (χ0n) is 20.4. The number of hydrogen-bond acceptors (Lipinski definition) is 1. The number of unbranched alkanes of at least 4 members (excludes halogenated alkanes) is 4. The Hall–Kier alpha value is -1.90. The predicted octanol–water partition coefficient (Wildman–Crippen LogP) is 9.30. The first-order valence-electron chi connectivity index (χ1n) is 13.2. The Morgan fingerprint density at radius 2 is 1.48 bits per heavy atom. The number of rotatable bonds is 9. The van der Waals surface area contributed by atoms with Crippen LogP contribution >= 0.6 is 0 Å². The van der Waals surface area contributed by atoms with Crippen LogP contribution < -0.4 is 4.74 Å². The molecule has 4 unspecified atom stereocenters. The smallest absolute Gasteiger partial charge is 0.134 e. The Morgan fingerprint density at radius 1 is 0.818 bits per heavy atom. The minimum Gasteiger partial charge on any atom is -0.497 e. The van der Waals surface area contributed by atoms with E-state index >= 15 is 8.78 Å². The van der Waals surface area contributed by atoms with Gasteiger partial charge in [-0.3, -0.25) is 0 Å². The SMILES string of the molecule is CCCCCCCC1CCC2CC(c3cc(F)c(-c4ccc(OC)cc4)c(F)c3)CCC2C1. The normalized spacial score (nSPS) is 25.0. The molecule has 2 aromatic rings. The van der Waals surface area contributed by atoms with Gasteiger partial charge in [0.25, 0.3) is 0 Å². The third kappa shape index (κ3) is 5.97. The van der Waals surface area contributed by atoms with Crippen LogP contribution in [0.2, 0.25) is 0 Å². The van der Waals surface area contributed by atoms with Crippen molar-refractivity contribution in [1.29, 1.82) is 0 Å². The van der Waals surface area contributed by atoms with Gasteiger partial charge in [0.15, 0.2) is 0 Å². The van der Waals surface area contributed by atoms with Crippen molar-refractivity contribution in [2.24, 2.45) is 17.8 Å². The van der Waals surface area contributed by atoms with E-state index in [2.05, 4.69) is 6.92 Å². The molecule has 1 nitrogen and oxygen atoms in total. The molecular weight excluding hydrogens is 414 g/mol. The van der Waals surface area contributed by atoms with Crippen molar-refractivity contribution in [1.82, 2.24) is 0 Å². The molecule has 2 aromatic carbocycles. The Kier molecular flexibility index (Phi) is 8.44. The van der Waals surface area contributed by atoms with Crippen LogP contribution in [0.25, 0.3) is 11.1 Å². The zero-order valence-corrected chi connectivity index (χ0v) is 20.4. The lowest BCUT2D eigenvalue weighted by Gasteiger charge is -2.42. The van der Waals surface area contributed by atoms with Crippen LogP contribution in [0.15, 0.2) is 36.4 Å². The summed E-state index contributed by atoms with van der Waals surface area (Å²) < 4.78 is 35.2. The zero-order chi connectivity index (χ0) is 23.2. The molecule has 0 aromatic heterocycles. The molecule has 0 amide bonds. The summed E-state index contributed by atoms with van der Waals surface area (Å²) in [6.07, 6.45) is 15.7. The molecule has 0 spiro atoms. The molecule has 0 bridgehead atoms. The molecule has 4 atom stereocenters. The Morgan fingerprint density at radius 3 is 2.18 bits per heavy atom. The van der Waals surface area contributed by atoms with Crippen molar-refractivity contribution in [3.63, 3.8) is 0 Å². The summed E-state index contributed by atoms with van der Waals surface area (Å²) in [5.74, 6) is 2.51. The summed E-state index contributed by atoms with van der Waals surface area (Å²) in [4.78, 5) is 0. The summed E-state index contributed by atoms with van der Waals surface area (Å²) in [5, 5.41) is 0. The average molecular weight is 455 g/mol. The molecule has 0 N–H and O–H groups in total. The molecule has 2 saturated carbocycles. The molecule has 180 valence electrons. The van der Waals surface area contributed by atoms with E-state index in [4.69, 9.17) is 4.74 Å². The molecule has 0 heterocycles. The molecule has 0 saturated heterocycles. The fraction of sp³-hybridized carbons (Fsp3) is 0.600. The summed E-state index contributed by atoms with van der Waals surface area (Å²) in [6, 6.07) is 10.1. The maximum absolute atomic E-state index is 15.0. The summed E-state index contributed by atoms with van der Waals surface area (Å²) in [7, 11) is 1.58. The van der Waals surface area contributed by atoms with Crippen molar-refractivity contribution in [3.05, 3.63) is 53.6 Å². The lowest BCUT2D eigenvalue weighted by Crippen LogP contribution is -2.30. The highest BCUT2D eigenvalue weighted by atomic mass is 19.1. The van der Waals surface area contributed by atoms with Crippen LogP contribution in [0.5, 0.6) is 5.75 Å². The fourth-order valence-corrected chi connectivity index (χ4v) is 6.45. The van der Waals surface area contributed by atoms with Gasteiger partial charge < -0.3 is 4.74 Å². The molecule has 2 aliphatic rings. The Bertz CT molecular complexity index is 868. The largest absolute Gasteiger partial charge is 0.497 e. The van der Waals surface area contributed by atoms with Crippen molar-refractivity contribution in [2.45, 2.75) is 89.9 Å². The Balaban J connectivity index is 1.36. The van der Waals surface area contributed by atoms with Gasteiger partial charge in [-0.2, -0.15) is 0 Å². The molecular formula is C30H40F2O. The van der Waals surface area contributed by atoms with Gasteiger partial charge in [0.1, 0.15) is 17.4 Å². The second-order valence-corrected chi connectivity index (χ2v) is 10.5. The van der Waals surface area contributed by atoms with Gasteiger partial charge in [0.2, 0.25) is 0 Å². The first-order valence-corrected chi connectivity index (χ1v) is 13.2. The van der Waals surface area contributed by atoms with E-state index in [1.165, 1.54) is 64.2 Å². The summed E-state index contributed by atoms with van der Waals surface area (Å²) >= 11 is 0. The molecule has 3 heteroatoms. The topological polar surface area (TPSA) is 9.23 Å². The van der Waals surface area contributed by atoms with Crippen LogP contribution in [0.3, 0.4) is 0 Å². The number of methoxy groups -OCH3 is 1. The standard InChI is InChI=1S/C30H40F2O/c1-3-4-5-6-7-8-21-9-10-24-18-25(12-11-23(24)17-21)26-19-28(31)30(29(32)20-26)22-13-15-27(33-2)16-14-22/h13-16,19-21,23-25H,3-12,17-18H2,1-2H3. The highest BCUT2D eigenvalue weighted by molar-refractivity contribution is 5.66. The fourth-order valence-electron chi connectivity index (χ4n) is 6.45. The van der Waals surface area contributed by atoms with E-state index in [0.717, 1.165) is 36.2 Å². The number of fused-ring (bicyclic) bond motifs is 1. The number of hydrogen-bond donors (Lipinski definition) is 0. The number of halogens is 2. The van der Waals surface area contributed by atoms with Crippen molar-refractivity contribution < 1.29 is 13.5 Å². The van der Waals surface area contributed by atoms with Crippen molar-refractivity contribution in [3.8, 4) is 16.9 Å². The Labute approximate surface area is 198 Å². The van der Waals surface area contributed by atoms with Crippen molar-refractivity contribution in [2.75, 3.05) is 7.11 Å². The third-order valence-electron chi connectivity index (χ3n) is 8.35. The van der Waals surface area contributed by atoms with Crippen molar-refractivity contribution >= 4 is 0 Å². The minimum absolute atomic E-state index is 0.0644. The van der Waals surface area contributed by atoms with Gasteiger partial charge in [0.05, 0.1) is 12.7 Å². The lowest BCUT2D eigenvalue weighted by molar-refractivity contribution is 0.113. The van der Waals surface area contributed by atoms with Gasteiger partial charge in [-0.15, -0.1) is 0 Å².